The van der Waals surface area contributed by atoms with Gasteiger partial charge in [0.1, 0.15) is 5.75 Å². The average Bonchev–Trinajstić information content (AvgIpc) is 2.37. The van der Waals surface area contributed by atoms with Crippen LogP contribution in [-0.4, -0.2) is 20.2 Å². The van der Waals surface area contributed by atoms with Gasteiger partial charge in [-0.25, -0.2) is 14.9 Å². The number of hydrogen-bond donors (Lipinski definition) is 1. The SMILES string of the molecule is COC(=O)/C=C/c1ccc(OP(N)(=O)OC)cc1. The third-order valence-electron chi connectivity index (χ3n) is 1.98. The first-order chi connectivity index (χ1) is 8.46. The molecule has 1 aromatic rings. The largest absolute Gasteiger partial charge is 0.466 e. The lowest BCUT2D eigenvalue weighted by atomic mass is 10.2. The van der Waals surface area contributed by atoms with E-state index in [2.05, 4.69) is 9.26 Å². The second-order valence-corrected chi connectivity index (χ2v) is 4.87. The molecule has 0 aromatic heterocycles. The van der Waals surface area contributed by atoms with Crippen LogP contribution in [0.15, 0.2) is 30.3 Å². The van der Waals surface area contributed by atoms with Gasteiger partial charge in [0.2, 0.25) is 0 Å². The molecule has 0 bridgehead atoms. The van der Waals surface area contributed by atoms with E-state index in [0.717, 1.165) is 5.56 Å². The van der Waals surface area contributed by atoms with Crippen LogP contribution in [-0.2, 0) is 18.6 Å². The van der Waals surface area contributed by atoms with E-state index in [0.29, 0.717) is 5.75 Å². The molecule has 1 atom stereocenters. The van der Waals surface area contributed by atoms with E-state index in [4.69, 9.17) is 10.0 Å². The van der Waals surface area contributed by atoms with E-state index < -0.39 is 13.7 Å². The summed E-state index contributed by atoms with van der Waals surface area (Å²) in [7, 11) is -1.04. The molecule has 2 N–H and O–H groups in total. The molecular formula is C11H14NO5P. The quantitative estimate of drug-likeness (QED) is 0.500. The van der Waals surface area contributed by atoms with E-state index in [1.165, 1.54) is 20.3 Å². The molecule has 6 nitrogen and oxygen atoms in total. The molecule has 0 radical (unpaired) electrons. The molecule has 98 valence electrons. The molecule has 0 aliphatic heterocycles. The van der Waals surface area contributed by atoms with Crippen molar-refractivity contribution in [2.24, 2.45) is 5.50 Å². The zero-order valence-corrected chi connectivity index (χ0v) is 10.9. The van der Waals surface area contributed by atoms with Crippen molar-refractivity contribution in [1.29, 1.82) is 0 Å². The summed E-state index contributed by atoms with van der Waals surface area (Å²) in [5, 5.41) is 0. The third kappa shape index (κ3) is 4.71. The summed E-state index contributed by atoms with van der Waals surface area (Å²) in [6, 6.07) is 6.47. The molecule has 1 aromatic carbocycles. The van der Waals surface area contributed by atoms with E-state index in [1.54, 1.807) is 30.3 Å². The van der Waals surface area contributed by atoms with Crippen LogP contribution in [0.2, 0.25) is 0 Å². The Hall–Kier alpha value is -1.62. The minimum Gasteiger partial charge on any atom is -0.466 e. The smallest absolute Gasteiger partial charge is 0.455 e. The van der Waals surface area contributed by atoms with Crippen LogP contribution >= 0.6 is 7.75 Å². The summed E-state index contributed by atoms with van der Waals surface area (Å²) in [5.41, 5.74) is 6.00. The lowest BCUT2D eigenvalue weighted by Gasteiger charge is -2.11. The van der Waals surface area contributed by atoms with Crippen LogP contribution in [0.3, 0.4) is 0 Å². The summed E-state index contributed by atoms with van der Waals surface area (Å²) in [4.78, 5) is 10.9. The maximum atomic E-state index is 11.3. The van der Waals surface area contributed by atoms with Crippen molar-refractivity contribution in [3.05, 3.63) is 35.9 Å². The fraction of sp³-hybridized carbons (Fsp3) is 0.182. The van der Waals surface area contributed by atoms with E-state index in [1.807, 2.05) is 0 Å². The van der Waals surface area contributed by atoms with Crippen molar-refractivity contribution >= 4 is 19.8 Å². The summed E-state index contributed by atoms with van der Waals surface area (Å²) >= 11 is 0. The second-order valence-electron chi connectivity index (χ2n) is 3.24. The highest BCUT2D eigenvalue weighted by Crippen LogP contribution is 2.38. The number of esters is 1. The highest BCUT2D eigenvalue weighted by Gasteiger charge is 2.16. The molecule has 0 aliphatic carbocycles. The Kier molecular flexibility index (Phi) is 5.09. The van der Waals surface area contributed by atoms with Gasteiger partial charge in [-0.3, -0.25) is 4.52 Å². The Bertz CT molecular complexity index is 483. The highest BCUT2D eigenvalue weighted by atomic mass is 31.2. The van der Waals surface area contributed by atoms with E-state index in [9.17, 15) is 9.36 Å². The van der Waals surface area contributed by atoms with Gasteiger partial charge in [0.15, 0.2) is 0 Å². The van der Waals surface area contributed by atoms with Crippen LogP contribution < -0.4 is 10.0 Å². The van der Waals surface area contributed by atoms with Crippen molar-refractivity contribution in [3.63, 3.8) is 0 Å². The molecule has 0 saturated heterocycles. The Morgan fingerprint density at radius 2 is 1.89 bits per heavy atom. The van der Waals surface area contributed by atoms with Crippen molar-refractivity contribution in [2.75, 3.05) is 14.2 Å². The van der Waals surface area contributed by atoms with Gasteiger partial charge in [0.25, 0.3) is 0 Å². The van der Waals surface area contributed by atoms with Gasteiger partial charge in [-0.2, -0.15) is 0 Å². The van der Waals surface area contributed by atoms with Crippen LogP contribution in [0.1, 0.15) is 5.56 Å². The monoisotopic (exact) mass is 271 g/mol. The van der Waals surface area contributed by atoms with Crippen LogP contribution in [0, 0.1) is 0 Å². The zero-order valence-electron chi connectivity index (χ0n) is 10.0. The van der Waals surface area contributed by atoms with Crippen molar-refractivity contribution < 1.29 is 23.1 Å². The number of rotatable bonds is 5. The normalized spacial score (nSPS) is 14.2. The fourth-order valence-electron chi connectivity index (χ4n) is 1.06. The predicted octanol–water partition coefficient (Wildman–Crippen LogP) is 1.96. The van der Waals surface area contributed by atoms with Crippen LogP contribution in [0.5, 0.6) is 5.75 Å². The summed E-state index contributed by atoms with van der Waals surface area (Å²) in [6.45, 7) is 0. The number of methoxy groups -OCH3 is 1. The molecule has 0 fully saturated rings. The third-order valence-corrected chi connectivity index (χ3v) is 2.95. The Balaban J connectivity index is 2.72. The molecule has 18 heavy (non-hydrogen) atoms. The topological polar surface area (TPSA) is 87.9 Å². The van der Waals surface area contributed by atoms with E-state index in [-0.39, 0.29) is 0 Å². The molecule has 0 heterocycles. The molecule has 7 heteroatoms. The first-order valence-corrected chi connectivity index (χ1v) is 6.58. The Labute approximate surface area is 105 Å². The molecular weight excluding hydrogens is 257 g/mol. The molecule has 1 unspecified atom stereocenters. The first-order valence-electron chi connectivity index (χ1n) is 4.97. The van der Waals surface area contributed by atoms with Crippen molar-refractivity contribution in [2.45, 2.75) is 0 Å². The van der Waals surface area contributed by atoms with Gasteiger partial charge in [0.05, 0.1) is 7.11 Å². The number of carbonyl (C=O) groups is 1. The standard InChI is InChI=1S/C11H14NO5P/c1-15-11(13)8-5-9-3-6-10(7-4-9)17-18(12,14)16-2/h3-8H,1-2H3,(H2,12,14)/b8-5+. The molecule has 0 spiro atoms. The highest BCUT2D eigenvalue weighted by molar-refractivity contribution is 7.51. The first kappa shape index (κ1) is 14.4. The lowest BCUT2D eigenvalue weighted by molar-refractivity contribution is -0.134. The number of nitrogens with two attached hydrogens (primary N) is 1. The number of carbonyl (C=O) groups excluding carboxylic acids is 1. The summed E-state index contributed by atoms with van der Waals surface area (Å²) < 4.78 is 25.3. The Morgan fingerprint density at radius 1 is 1.28 bits per heavy atom. The van der Waals surface area contributed by atoms with Gasteiger partial charge in [0, 0.05) is 13.2 Å². The van der Waals surface area contributed by atoms with Crippen molar-refractivity contribution in [3.8, 4) is 5.75 Å². The van der Waals surface area contributed by atoms with Gasteiger partial charge in [-0.15, -0.1) is 0 Å². The molecule has 1 rings (SSSR count). The Morgan fingerprint density at radius 3 is 2.39 bits per heavy atom. The molecule has 0 amide bonds. The summed E-state index contributed by atoms with van der Waals surface area (Å²) in [5.74, 6) is -0.126. The zero-order chi connectivity index (χ0) is 13.6. The average molecular weight is 271 g/mol. The van der Waals surface area contributed by atoms with Crippen LogP contribution in [0.25, 0.3) is 6.08 Å². The predicted molar refractivity (Wildman–Crippen MR) is 66.9 cm³/mol. The van der Waals surface area contributed by atoms with Crippen LogP contribution in [0.4, 0.5) is 0 Å². The maximum absolute atomic E-state index is 11.3. The van der Waals surface area contributed by atoms with Crippen molar-refractivity contribution in [1.82, 2.24) is 0 Å². The molecule has 0 aliphatic rings. The number of benzene rings is 1. The minimum absolute atomic E-state index is 0.318. The molecule has 0 saturated carbocycles. The van der Waals surface area contributed by atoms with Gasteiger partial charge >= 0.3 is 13.7 Å². The number of hydrogen-bond acceptors (Lipinski definition) is 5. The second kappa shape index (κ2) is 6.35. The summed E-state index contributed by atoms with van der Waals surface area (Å²) in [6.07, 6.45) is 2.87. The van der Waals surface area contributed by atoms with Gasteiger partial charge in [-0.1, -0.05) is 12.1 Å². The minimum atomic E-state index is -3.54. The lowest BCUT2D eigenvalue weighted by Crippen LogP contribution is -2.03. The van der Waals surface area contributed by atoms with E-state index >= 15 is 0 Å². The number of ether oxygens (including phenoxy) is 1. The van der Waals surface area contributed by atoms with Gasteiger partial charge in [-0.05, 0) is 23.8 Å². The fourth-order valence-corrected chi connectivity index (χ4v) is 1.55. The maximum Gasteiger partial charge on any atom is 0.455 e. The van der Waals surface area contributed by atoms with Gasteiger partial charge < -0.3 is 9.26 Å².